The van der Waals surface area contributed by atoms with Gasteiger partial charge in [0.05, 0.1) is 0 Å². The van der Waals surface area contributed by atoms with Crippen molar-refractivity contribution in [1.29, 1.82) is 0 Å². The van der Waals surface area contributed by atoms with Gasteiger partial charge >= 0.3 is 0 Å². The van der Waals surface area contributed by atoms with Crippen molar-refractivity contribution in [3.05, 3.63) is 29.3 Å². The van der Waals surface area contributed by atoms with E-state index in [1.807, 2.05) is 6.07 Å². The Bertz CT molecular complexity index is 463. The average Bonchev–Trinajstić information content (AvgIpc) is 2.50. The molecule has 16 heavy (non-hydrogen) atoms. The highest BCUT2D eigenvalue weighted by atomic mass is 16.2. The van der Waals surface area contributed by atoms with Gasteiger partial charge in [-0.2, -0.15) is 0 Å². The largest absolute Gasteiger partial charge is 0.311 e. The van der Waals surface area contributed by atoms with E-state index in [-0.39, 0.29) is 11.3 Å². The lowest BCUT2D eigenvalue weighted by Gasteiger charge is -2.19. The van der Waals surface area contributed by atoms with Crippen LogP contribution in [0.4, 0.5) is 5.69 Å². The monoisotopic (exact) mass is 217 g/mol. The minimum absolute atomic E-state index is 0.0230. The van der Waals surface area contributed by atoms with E-state index in [9.17, 15) is 9.59 Å². The zero-order chi connectivity index (χ0) is 11.9. The van der Waals surface area contributed by atoms with E-state index >= 15 is 0 Å². The number of rotatable bonds is 1. The van der Waals surface area contributed by atoms with E-state index in [0.29, 0.717) is 12.1 Å². The SMILES string of the molecule is CC(=O)N1CC(C)(C)c2ccc(C=O)cc21. The van der Waals surface area contributed by atoms with Crippen molar-refractivity contribution in [3.63, 3.8) is 0 Å². The quantitative estimate of drug-likeness (QED) is 0.676. The van der Waals surface area contributed by atoms with E-state index in [1.165, 1.54) is 0 Å². The normalized spacial score (nSPS) is 17.1. The fourth-order valence-electron chi connectivity index (χ4n) is 2.26. The van der Waals surface area contributed by atoms with Gasteiger partial charge in [-0.3, -0.25) is 9.59 Å². The molecule has 0 radical (unpaired) electrons. The summed E-state index contributed by atoms with van der Waals surface area (Å²) in [5.74, 6) is 0.0230. The second-order valence-corrected chi connectivity index (χ2v) is 4.88. The van der Waals surface area contributed by atoms with E-state index < -0.39 is 0 Å². The highest BCUT2D eigenvalue weighted by molar-refractivity contribution is 5.95. The number of hydrogen-bond acceptors (Lipinski definition) is 2. The number of aldehydes is 1. The summed E-state index contributed by atoms with van der Waals surface area (Å²) >= 11 is 0. The van der Waals surface area contributed by atoms with Crippen LogP contribution in [0, 0.1) is 0 Å². The van der Waals surface area contributed by atoms with Crippen LogP contribution in [0.1, 0.15) is 36.7 Å². The average molecular weight is 217 g/mol. The number of benzene rings is 1. The highest BCUT2D eigenvalue weighted by Crippen LogP contribution is 2.40. The molecule has 3 nitrogen and oxygen atoms in total. The molecule has 0 saturated heterocycles. The van der Waals surface area contributed by atoms with Crippen molar-refractivity contribution in [3.8, 4) is 0 Å². The molecule has 1 amide bonds. The molecule has 1 heterocycles. The third-order valence-corrected chi connectivity index (χ3v) is 3.11. The van der Waals surface area contributed by atoms with Crippen LogP contribution in [-0.2, 0) is 10.2 Å². The van der Waals surface area contributed by atoms with Gasteiger partial charge in [-0.1, -0.05) is 26.0 Å². The zero-order valence-electron chi connectivity index (χ0n) is 9.78. The Labute approximate surface area is 95.1 Å². The van der Waals surface area contributed by atoms with Crippen molar-refractivity contribution < 1.29 is 9.59 Å². The second-order valence-electron chi connectivity index (χ2n) is 4.88. The van der Waals surface area contributed by atoms with Gasteiger partial charge < -0.3 is 4.90 Å². The molecule has 1 aliphatic rings. The predicted octanol–water partition coefficient (Wildman–Crippen LogP) is 2.14. The summed E-state index contributed by atoms with van der Waals surface area (Å²) in [7, 11) is 0. The maximum absolute atomic E-state index is 11.5. The first kappa shape index (κ1) is 10.9. The molecule has 84 valence electrons. The number of amides is 1. The standard InChI is InChI=1S/C13H15NO2/c1-9(16)14-8-13(2,3)11-5-4-10(7-15)6-12(11)14/h4-7H,8H2,1-3H3. The fourth-order valence-corrected chi connectivity index (χ4v) is 2.26. The molecule has 1 aromatic rings. The Kier molecular flexibility index (Phi) is 2.34. The van der Waals surface area contributed by atoms with Crippen LogP contribution in [0.5, 0.6) is 0 Å². The van der Waals surface area contributed by atoms with Gasteiger partial charge in [0.2, 0.25) is 5.91 Å². The van der Waals surface area contributed by atoms with Gasteiger partial charge in [-0.15, -0.1) is 0 Å². The number of anilines is 1. The Balaban J connectivity index is 2.59. The van der Waals surface area contributed by atoms with Crippen LogP contribution >= 0.6 is 0 Å². The molecular formula is C13H15NO2. The van der Waals surface area contributed by atoms with E-state index in [0.717, 1.165) is 17.5 Å². The maximum Gasteiger partial charge on any atom is 0.223 e. The van der Waals surface area contributed by atoms with Gasteiger partial charge in [-0.05, 0) is 11.6 Å². The van der Waals surface area contributed by atoms with Crippen LogP contribution < -0.4 is 4.90 Å². The molecule has 1 aliphatic heterocycles. The van der Waals surface area contributed by atoms with Crippen LogP contribution in [-0.4, -0.2) is 18.7 Å². The number of hydrogen-bond donors (Lipinski definition) is 0. The molecule has 3 heteroatoms. The number of nitrogens with zero attached hydrogens (tertiary/aromatic N) is 1. The molecule has 1 aromatic carbocycles. The molecular weight excluding hydrogens is 202 g/mol. The Morgan fingerprint density at radius 3 is 2.69 bits per heavy atom. The van der Waals surface area contributed by atoms with Crippen molar-refractivity contribution >= 4 is 17.9 Å². The second kappa shape index (κ2) is 3.44. The summed E-state index contributed by atoms with van der Waals surface area (Å²) in [4.78, 5) is 24.0. The topological polar surface area (TPSA) is 37.4 Å². The van der Waals surface area contributed by atoms with Crippen LogP contribution in [0.3, 0.4) is 0 Å². The summed E-state index contributed by atoms with van der Waals surface area (Å²) in [6, 6.07) is 5.54. The summed E-state index contributed by atoms with van der Waals surface area (Å²) in [5.41, 5.74) is 2.58. The third kappa shape index (κ3) is 1.52. The summed E-state index contributed by atoms with van der Waals surface area (Å²) in [6.07, 6.45) is 0.809. The maximum atomic E-state index is 11.5. The Morgan fingerprint density at radius 2 is 2.12 bits per heavy atom. The first-order chi connectivity index (χ1) is 7.45. The zero-order valence-corrected chi connectivity index (χ0v) is 9.78. The minimum atomic E-state index is -0.0393. The summed E-state index contributed by atoms with van der Waals surface area (Å²) < 4.78 is 0. The van der Waals surface area contributed by atoms with Gasteiger partial charge in [0, 0.05) is 30.1 Å². The van der Waals surface area contributed by atoms with Crippen LogP contribution in [0.25, 0.3) is 0 Å². The van der Waals surface area contributed by atoms with E-state index in [2.05, 4.69) is 13.8 Å². The molecule has 0 bridgehead atoms. The Morgan fingerprint density at radius 1 is 1.44 bits per heavy atom. The molecule has 2 rings (SSSR count). The lowest BCUT2D eigenvalue weighted by Crippen LogP contribution is -2.31. The highest BCUT2D eigenvalue weighted by Gasteiger charge is 2.36. The molecule has 0 aromatic heterocycles. The van der Waals surface area contributed by atoms with Gasteiger partial charge in [0.25, 0.3) is 0 Å². The van der Waals surface area contributed by atoms with Crippen molar-refractivity contribution in [2.75, 3.05) is 11.4 Å². The molecule has 0 fully saturated rings. The molecule has 0 atom stereocenters. The van der Waals surface area contributed by atoms with Gasteiger partial charge in [-0.25, -0.2) is 0 Å². The molecule has 0 saturated carbocycles. The molecule has 0 unspecified atom stereocenters. The van der Waals surface area contributed by atoms with Crippen molar-refractivity contribution in [1.82, 2.24) is 0 Å². The van der Waals surface area contributed by atoms with Crippen LogP contribution in [0.15, 0.2) is 18.2 Å². The molecule has 0 N–H and O–H groups in total. The van der Waals surface area contributed by atoms with Gasteiger partial charge in [0.1, 0.15) is 6.29 Å². The number of carbonyl (C=O) groups is 2. The first-order valence-corrected chi connectivity index (χ1v) is 5.33. The van der Waals surface area contributed by atoms with Crippen molar-refractivity contribution in [2.45, 2.75) is 26.2 Å². The smallest absolute Gasteiger partial charge is 0.223 e. The van der Waals surface area contributed by atoms with E-state index in [1.54, 1.807) is 24.0 Å². The fraction of sp³-hybridized carbons (Fsp3) is 0.385. The first-order valence-electron chi connectivity index (χ1n) is 5.33. The van der Waals surface area contributed by atoms with Crippen molar-refractivity contribution in [2.24, 2.45) is 0 Å². The summed E-state index contributed by atoms with van der Waals surface area (Å²) in [5, 5.41) is 0. The lowest BCUT2D eigenvalue weighted by atomic mass is 9.87. The molecule has 0 spiro atoms. The molecule has 0 aliphatic carbocycles. The predicted molar refractivity (Wildman–Crippen MR) is 62.9 cm³/mol. The third-order valence-electron chi connectivity index (χ3n) is 3.11. The van der Waals surface area contributed by atoms with E-state index in [4.69, 9.17) is 0 Å². The van der Waals surface area contributed by atoms with Crippen LogP contribution in [0.2, 0.25) is 0 Å². The minimum Gasteiger partial charge on any atom is -0.311 e. The number of fused-ring (bicyclic) bond motifs is 1. The number of carbonyl (C=O) groups excluding carboxylic acids is 2. The summed E-state index contributed by atoms with van der Waals surface area (Å²) in [6.45, 7) is 6.45. The lowest BCUT2D eigenvalue weighted by molar-refractivity contribution is -0.116. The Hall–Kier alpha value is -1.64. The van der Waals surface area contributed by atoms with Gasteiger partial charge in [0.15, 0.2) is 0 Å².